The first-order valence-electron chi connectivity index (χ1n) is 7.41. The number of carbonyl (C=O) groups is 2. The molecule has 7 heteroatoms. The van der Waals surface area contributed by atoms with E-state index in [1.165, 1.54) is 14.0 Å². The number of methoxy groups -OCH3 is 1. The van der Waals surface area contributed by atoms with Gasteiger partial charge in [-0.05, 0) is 43.3 Å². The van der Waals surface area contributed by atoms with Crippen LogP contribution in [0.3, 0.4) is 0 Å². The van der Waals surface area contributed by atoms with Crippen LogP contribution in [0.1, 0.15) is 17.3 Å². The Morgan fingerprint density at radius 2 is 1.88 bits per heavy atom. The molecule has 0 saturated carbocycles. The minimum Gasteiger partial charge on any atom is -0.472 e. The fourth-order valence-corrected chi connectivity index (χ4v) is 2.63. The zero-order chi connectivity index (χ0) is 18.4. The molecule has 0 saturated heterocycles. The Balaban J connectivity index is 2.21. The summed E-state index contributed by atoms with van der Waals surface area (Å²) in [6, 6.07) is 11.7. The average molecular weight is 382 g/mol. The maximum absolute atomic E-state index is 11.7. The van der Waals surface area contributed by atoms with Crippen LogP contribution in [-0.4, -0.2) is 32.1 Å². The molecule has 0 N–H and O–H groups in total. The molecule has 5 nitrogen and oxygen atoms in total. The summed E-state index contributed by atoms with van der Waals surface area (Å²) in [5, 5.41) is 0.877. The van der Waals surface area contributed by atoms with Crippen molar-refractivity contribution in [2.24, 2.45) is 0 Å². The normalized spacial score (nSPS) is 10.2. The molecule has 0 unspecified atom stereocenters. The van der Waals surface area contributed by atoms with Crippen molar-refractivity contribution in [1.82, 2.24) is 0 Å². The Morgan fingerprint density at radius 3 is 2.52 bits per heavy atom. The molecule has 0 aliphatic carbocycles. The van der Waals surface area contributed by atoms with E-state index in [0.29, 0.717) is 27.0 Å². The predicted octanol–water partition coefficient (Wildman–Crippen LogP) is 4.21. The van der Waals surface area contributed by atoms with Crippen LogP contribution in [0.15, 0.2) is 42.5 Å². The molecule has 0 fully saturated rings. The minimum atomic E-state index is -0.453. The summed E-state index contributed by atoms with van der Waals surface area (Å²) in [7, 11) is 1.31. The second-order valence-corrected chi connectivity index (χ2v) is 6.13. The summed E-state index contributed by atoms with van der Waals surface area (Å²) in [5.41, 5.74) is 1.04. The number of carbonyl (C=O) groups excluding carboxylic acids is 2. The van der Waals surface area contributed by atoms with Crippen molar-refractivity contribution in [2.75, 3.05) is 25.3 Å². The van der Waals surface area contributed by atoms with Crippen LogP contribution >= 0.6 is 23.2 Å². The third-order valence-corrected chi connectivity index (χ3v) is 3.85. The lowest BCUT2D eigenvalue weighted by atomic mass is 10.2. The summed E-state index contributed by atoms with van der Waals surface area (Å²) < 4.78 is 10.4. The van der Waals surface area contributed by atoms with E-state index < -0.39 is 5.97 Å². The first kappa shape index (κ1) is 19.1. The number of hydrogen-bond donors (Lipinski definition) is 0. The van der Waals surface area contributed by atoms with Gasteiger partial charge in [0.1, 0.15) is 11.5 Å². The van der Waals surface area contributed by atoms with Gasteiger partial charge in [-0.3, -0.25) is 4.79 Å². The van der Waals surface area contributed by atoms with Gasteiger partial charge in [-0.25, -0.2) is 4.79 Å². The van der Waals surface area contributed by atoms with E-state index in [9.17, 15) is 9.59 Å². The Hall–Kier alpha value is -2.24. The van der Waals surface area contributed by atoms with Crippen LogP contribution in [0.5, 0.6) is 5.75 Å². The molecule has 0 aromatic heterocycles. The standard InChI is InChI=1S/C18H17Cl2NO4/c1-12(22)10-21(11-25-17-7-6-14(19)9-16(17)20)15-5-3-4-13(8-15)18(23)24-2/h3-9H,10-11H2,1-2H3. The highest BCUT2D eigenvalue weighted by Gasteiger charge is 2.14. The lowest BCUT2D eigenvalue weighted by molar-refractivity contribution is -0.115. The topological polar surface area (TPSA) is 55.8 Å². The molecule has 0 amide bonds. The zero-order valence-corrected chi connectivity index (χ0v) is 15.3. The molecule has 0 aliphatic heterocycles. The number of anilines is 1. The van der Waals surface area contributed by atoms with E-state index >= 15 is 0 Å². The number of hydrogen-bond acceptors (Lipinski definition) is 5. The lowest BCUT2D eigenvalue weighted by Gasteiger charge is -2.24. The van der Waals surface area contributed by atoms with Crippen molar-refractivity contribution in [3.63, 3.8) is 0 Å². The van der Waals surface area contributed by atoms with Gasteiger partial charge in [-0.15, -0.1) is 0 Å². The second-order valence-electron chi connectivity index (χ2n) is 5.29. The third kappa shape index (κ3) is 5.37. The molecule has 25 heavy (non-hydrogen) atoms. The first-order valence-corrected chi connectivity index (χ1v) is 8.17. The Kier molecular flexibility index (Phi) is 6.67. The van der Waals surface area contributed by atoms with Gasteiger partial charge < -0.3 is 14.4 Å². The summed E-state index contributed by atoms with van der Waals surface area (Å²) in [5.74, 6) is -0.0516. The number of halogens is 2. The van der Waals surface area contributed by atoms with Crippen molar-refractivity contribution in [3.8, 4) is 5.75 Å². The molecule has 2 aromatic carbocycles. The predicted molar refractivity (Wildman–Crippen MR) is 97.8 cm³/mol. The van der Waals surface area contributed by atoms with E-state index in [-0.39, 0.29) is 19.1 Å². The molecule has 2 aromatic rings. The van der Waals surface area contributed by atoms with Crippen molar-refractivity contribution in [1.29, 1.82) is 0 Å². The number of Topliss-reactive ketones (excluding diaryl/α,β-unsaturated/α-hetero) is 1. The molecule has 0 heterocycles. The molecule has 0 spiro atoms. The maximum Gasteiger partial charge on any atom is 0.337 e. The van der Waals surface area contributed by atoms with Crippen molar-refractivity contribution in [3.05, 3.63) is 58.1 Å². The van der Waals surface area contributed by atoms with E-state index in [2.05, 4.69) is 0 Å². The van der Waals surface area contributed by atoms with Crippen molar-refractivity contribution >= 4 is 40.6 Å². The van der Waals surface area contributed by atoms with Crippen molar-refractivity contribution in [2.45, 2.75) is 6.92 Å². The highest BCUT2D eigenvalue weighted by Crippen LogP contribution is 2.28. The fourth-order valence-electron chi connectivity index (χ4n) is 2.17. The average Bonchev–Trinajstić information content (AvgIpc) is 2.59. The minimum absolute atomic E-state index is 0.0470. The molecule has 0 bridgehead atoms. The summed E-state index contributed by atoms with van der Waals surface area (Å²) in [4.78, 5) is 25.0. The molecule has 0 aliphatic rings. The van der Waals surface area contributed by atoms with Gasteiger partial charge in [0.25, 0.3) is 0 Å². The van der Waals surface area contributed by atoms with Crippen LogP contribution in [0.25, 0.3) is 0 Å². The number of ketones is 1. The molecular weight excluding hydrogens is 365 g/mol. The summed E-state index contributed by atoms with van der Waals surface area (Å²) in [6.45, 7) is 1.67. The highest BCUT2D eigenvalue weighted by atomic mass is 35.5. The van der Waals surface area contributed by atoms with Crippen LogP contribution in [-0.2, 0) is 9.53 Å². The number of benzene rings is 2. The highest BCUT2D eigenvalue weighted by molar-refractivity contribution is 6.35. The molecular formula is C18H17Cl2NO4. The zero-order valence-electron chi connectivity index (χ0n) is 13.8. The Morgan fingerprint density at radius 1 is 1.12 bits per heavy atom. The largest absolute Gasteiger partial charge is 0.472 e. The van der Waals surface area contributed by atoms with Gasteiger partial charge in [0, 0.05) is 10.7 Å². The van der Waals surface area contributed by atoms with Crippen LogP contribution in [0, 0.1) is 0 Å². The molecule has 132 valence electrons. The maximum atomic E-state index is 11.7. The number of ether oxygens (including phenoxy) is 2. The summed E-state index contributed by atoms with van der Waals surface area (Å²) >= 11 is 12.0. The lowest BCUT2D eigenvalue weighted by Crippen LogP contribution is -2.32. The third-order valence-electron chi connectivity index (χ3n) is 3.32. The molecule has 0 atom stereocenters. The quantitative estimate of drug-likeness (QED) is 0.530. The first-order chi connectivity index (χ1) is 11.9. The molecule has 2 rings (SSSR count). The van der Waals surface area contributed by atoms with E-state index in [1.807, 2.05) is 0 Å². The van der Waals surface area contributed by atoms with Crippen LogP contribution in [0.2, 0.25) is 10.0 Å². The van der Waals surface area contributed by atoms with Gasteiger partial charge in [0.2, 0.25) is 0 Å². The van der Waals surface area contributed by atoms with Crippen LogP contribution < -0.4 is 9.64 Å². The number of esters is 1. The molecule has 0 radical (unpaired) electrons. The number of rotatable bonds is 7. The Labute approximate surface area is 156 Å². The summed E-state index contributed by atoms with van der Waals surface area (Å²) in [6.07, 6.45) is 0. The van der Waals surface area contributed by atoms with Gasteiger partial charge in [0.05, 0.1) is 24.2 Å². The monoisotopic (exact) mass is 381 g/mol. The van der Waals surface area contributed by atoms with Gasteiger partial charge in [0.15, 0.2) is 6.73 Å². The van der Waals surface area contributed by atoms with Gasteiger partial charge in [-0.2, -0.15) is 0 Å². The second kappa shape index (κ2) is 8.74. The van der Waals surface area contributed by atoms with Crippen molar-refractivity contribution < 1.29 is 19.1 Å². The SMILES string of the molecule is COC(=O)c1cccc(N(COc2ccc(Cl)cc2Cl)CC(C)=O)c1. The van der Waals surface area contributed by atoms with E-state index in [4.69, 9.17) is 32.7 Å². The van der Waals surface area contributed by atoms with Gasteiger partial charge >= 0.3 is 5.97 Å². The van der Waals surface area contributed by atoms with Crippen LogP contribution in [0.4, 0.5) is 5.69 Å². The number of nitrogens with zero attached hydrogens (tertiary/aromatic N) is 1. The fraction of sp³-hybridized carbons (Fsp3) is 0.222. The van der Waals surface area contributed by atoms with Gasteiger partial charge in [-0.1, -0.05) is 29.3 Å². The van der Waals surface area contributed by atoms with E-state index in [0.717, 1.165) is 0 Å². The Bertz CT molecular complexity index is 779. The van der Waals surface area contributed by atoms with E-state index in [1.54, 1.807) is 47.4 Å². The smallest absolute Gasteiger partial charge is 0.337 e.